The summed E-state index contributed by atoms with van der Waals surface area (Å²) in [5.41, 5.74) is 1.20. The van der Waals surface area contributed by atoms with E-state index in [0.29, 0.717) is 30.6 Å². The van der Waals surface area contributed by atoms with E-state index >= 15 is 0 Å². The first-order valence-electron chi connectivity index (χ1n) is 14.7. The highest BCUT2D eigenvalue weighted by Gasteiger charge is 2.55. The second-order valence-electron chi connectivity index (χ2n) is 11.3. The molecular weight excluding hydrogens is 615 g/mol. The number of sulfonamides is 1. The Morgan fingerprint density at radius 3 is 2.33 bits per heavy atom. The van der Waals surface area contributed by atoms with Gasteiger partial charge in [-0.05, 0) is 75.6 Å². The number of pyridine rings is 1. The van der Waals surface area contributed by atoms with Crippen molar-refractivity contribution >= 4 is 51.1 Å². The van der Waals surface area contributed by atoms with Gasteiger partial charge in [-0.3, -0.25) is 9.59 Å². The third-order valence-electron chi connectivity index (χ3n) is 7.41. The van der Waals surface area contributed by atoms with Crippen LogP contribution >= 0.6 is 11.8 Å². The lowest BCUT2D eigenvalue weighted by molar-refractivity contribution is -0.142. The van der Waals surface area contributed by atoms with Gasteiger partial charge in [0.05, 0.1) is 10.3 Å². The van der Waals surface area contributed by atoms with E-state index in [1.54, 1.807) is 69.4 Å². The fraction of sp³-hybridized carbons (Fsp3) is 0.375. The Labute approximate surface area is 268 Å². The number of carboxylic acid groups (broad SMARTS) is 1. The number of carboxylic acids is 1. The molecule has 1 aliphatic rings. The van der Waals surface area contributed by atoms with Crippen LogP contribution in [0.1, 0.15) is 45.6 Å². The maximum atomic E-state index is 13.6. The predicted molar refractivity (Wildman–Crippen MR) is 175 cm³/mol. The summed E-state index contributed by atoms with van der Waals surface area (Å²) >= 11 is 1.34. The largest absolute Gasteiger partial charge is 0.480 e. The zero-order valence-corrected chi connectivity index (χ0v) is 27.1. The number of unbranched alkanes of at least 4 members (excludes halogenated alkanes) is 1. The van der Waals surface area contributed by atoms with E-state index in [0.717, 1.165) is 12.2 Å². The van der Waals surface area contributed by atoms with Crippen molar-refractivity contribution in [3.8, 4) is 0 Å². The predicted octanol–water partition coefficient (Wildman–Crippen LogP) is 4.35. The molecule has 1 aromatic heterocycles. The van der Waals surface area contributed by atoms with Crippen LogP contribution in [0.15, 0.2) is 83.9 Å². The third kappa shape index (κ3) is 8.83. The van der Waals surface area contributed by atoms with Crippen molar-refractivity contribution in [1.82, 2.24) is 14.6 Å². The second kappa shape index (κ2) is 14.9. The Bertz CT molecular complexity index is 1570. The summed E-state index contributed by atoms with van der Waals surface area (Å²) in [4.78, 5) is 42.5. The molecule has 0 bridgehead atoms. The number of hydrogen-bond donors (Lipinski definition) is 4. The Morgan fingerprint density at radius 2 is 1.69 bits per heavy atom. The van der Waals surface area contributed by atoms with Crippen LogP contribution in [0, 0.1) is 0 Å². The van der Waals surface area contributed by atoms with E-state index in [2.05, 4.69) is 20.9 Å². The molecule has 13 heteroatoms. The average molecular weight is 654 g/mol. The maximum absolute atomic E-state index is 13.6. The van der Waals surface area contributed by atoms with E-state index < -0.39 is 44.1 Å². The lowest BCUT2D eigenvalue weighted by Gasteiger charge is -2.31. The van der Waals surface area contributed by atoms with Crippen molar-refractivity contribution in [1.29, 1.82) is 0 Å². The molecule has 4 N–H and O–H groups in total. The minimum Gasteiger partial charge on any atom is -0.480 e. The summed E-state index contributed by atoms with van der Waals surface area (Å²) < 4.78 is 27.5. The first-order chi connectivity index (χ1) is 21.4. The lowest BCUT2D eigenvalue weighted by Crippen LogP contribution is -2.57. The van der Waals surface area contributed by atoms with Gasteiger partial charge in [0, 0.05) is 36.0 Å². The first-order valence-corrected chi connectivity index (χ1v) is 17.0. The van der Waals surface area contributed by atoms with E-state index in [9.17, 15) is 27.9 Å². The number of nitrogens with zero attached hydrogens (tertiary/aromatic N) is 2. The normalized spacial score (nSPS) is 18.6. The quantitative estimate of drug-likeness (QED) is 0.186. The van der Waals surface area contributed by atoms with Crippen LogP contribution < -0.4 is 16.0 Å². The van der Waals surface area contributed by atoms with Gasteiger partial charge in [-0.2, -0.15) is 4.31 Å². The summed E-state index contributed by atoms with van der Waals surface area (Å²) in [6, 6.07) is 17.8. The molecule has 240 valence electrons. The van der Waals surface area contributed by atoms with Gasteiger partial charge in [-0.15, -0.1) is 11.8 Å². The van der Waals surface area contributed by atoms with Crippen LogP contribution in [0.3, 0.4) is 0 Å². The Hall–Kier alpha value is -3.94. The molecule has 1 fully saturated rings. The topological polar surface area (TPSA) is 158 Å². The zero-order valence-electron chi connectivity index (χ0n) is 25.5. The Morgan fingerprint density at radius 1 is 1.00 bits per heavy atom. The van der Waals surface area contributed by atoms with Gasteiger partial charge in [0.25, 0.3) is 0 Å². The van der Waals surface area contributed by atoms with Gasteiger partial charge >= 0.3 is 5.97 Å². The van der Waals surface area contributed by atoms with Gasteiger partial charge in [0.2, 0.25) is 21.8 Å². The average Bonchev–Trinajstić information content (AvgIpc) is 3.26. The molecule has 4 rings (SSSR count). The number of rotatable bonds is 14. The van der Waals surface area contributed by atoms with E-state index in [1.807, 2.05) is 18.2 Å². The standard InChI is InChI=1S/C32H39N5O6S2/c1-22-37(45(42,43)25-11-5-4-6-12-25)29(32(2,3)44-22)30(39)36-26(31(40)41)21-23-15-17-24(18-16-23)35-28(38)14-8-10-20-34-27-13-7-9-19-33-27/h4-7,9,11-13,15-19,22,26,29H,8,10,14,20-21H2,1-3H3,(H,33,34)(H,35,38)(H,36,39)(H,40,41)/t22?,26-,29+/m0/s1. The molecule has 3 atom stereocenters. The molecule has 1 saturated heterocycles. The highest BCUT2D eigenvalue weighted by atomic mass is 32.2. The number of anilines is 2. The van der Waals surface area contributed by atoms with Gasteiger partial charge in [0.15, 0.2) is 0 Å². The number of hydrogen-bond acceptors (Lipinski definition) is 8. The summed E-state index contributed by atoms with van der Waals surface area (Å²) in [5, 5.41) is 18.1. The van der Waals surface area contributed by atoms with Crippen LogP contribution in [0.4, 0.5) is 11.5 Å². The lowest BCUT2D eigenvalue weighted by atomic mass is 10.0. The summed E-state index contributed by atoms with van der Waals surface area (Å²) in [7, 11) is -4.04. The number of amides is 2. The molecule has 0 aliphatic carbocycles. The third-order valence-corrected chi connectivity index (χ3v) is 10.9. The Balaban J connectivity index is 1.33. The Kier molecular flexibility index (Phi) is 11.2. The minimum atomic E-state index is -4.04. The monoisotopic (exact) mass is 653 g/mol. The molecule has 0 spiro atoms. The zero-order chi connectivity index (χ0) is 32.6. The molecule has 45 heavy (non-hydrogen) atoms. The number of thioether (sulfide) groups is 1. The molecule has 11 nitrogen and oxygen atoms in total. The molecule has 2 heterocycles. The van der Waals surface area contributed by atoms with Crippen molar-refractivity contribution in [3.63, 3.8) is 0 Å². The summed E-state index contributed by atoms with van der Waals surface area (Å²) in [5.74, 6) is -1.26. The molecule has 1 aliphatic heterocycles. The summed E-state index contributed by atoms with van der Waals surface area (Å²) in [6.45, 7) is 5.98. The van der Waals surface area contributed by atoms with Crippen molar-refractivity contribution < 1.29 is 27.9 Å². The fourth-order valence-electron chi connectivity index (χ4n) is 5.28. The maximum Gasteiger partial charge on any atom is 0.326 e. The van der Waals surface area contributed by atoms with Crippen molar-refractivity contribution in [2.45, 2.75) is 73.6 Å². The number of carbonyl (C=O) groups excluding carboxylic acids is 2. The number of aliphatic carboxylic acids is 1. The molecular formula is C32H39N5O6S2. The molecule has 2 aromatic carbocycles. The van der Waals surface area contributed by atoms with Crippen LogP contribution in [-0.2, 0) is 30.8 Å². The molecule has 1 unspecified atom stereocenters. The van der Waals surface area contributed by atoms with Gasteiger partial charge < -0.3 is 21.1 Å². The van der Waals surface area contributed by atoms with Gasteiger partial charge in [-0.25, -0.2) is 18.2 Å². The molecule has 2 amide bonds. The van der Waals surface area contributed by atoms with E-state index in [1.165, 1.54) is 28.2 Å². The van der Waals surface area contributed by atoms with Gasteiger partial charge in [-0.1, -0.05) is 36.4 Å². The molecule has 0 radical (unpaired) electrons. The smallest absolute Gasteiger partial charge is 0.326 e. The van der Waals surface area contributed by atoms with E-state index in [-0.39, 0.29) is 17.2 Å². The van der Waals surface area contributed by atoms with E-state index in [4.69, 9.17) is 0 Å². The minimum absolute atomic E-state index is 0.0279. The molecule has 0 saturated carbocycles. The van der Waals surface area contributed by atoms with Crippen molar-refractivity contribution in [2.75, 3.05) is 17.2 Å². The summed E-state index contributed by atoms with van der Waals surface area (Å²) in [6.07, 6.45) is 3.54. The number of carbonyl (C=O) groups is 3. The van der Waals surface area contributed by atoms with Crippen LogP contribution in [0.25, 0.3) is 0 Å². The fourth-order valence-corrected chi connectivity index (χ4v) is 9.04. The van der Waals surface area contributed by atoms with Crippen molar-refractivity contribution in [2.24, 2.45) is 0 Å². The van der Waals surface area contributed by atoms with Crippen molar-refractivity contribution in [3.05, 3.63) is 84.6 Å². The van der Waals surface area contributed by atoms with Gasteiger partial charge in [0.1, 0.15) is 17.9 Å². The number of aromatic nitrogens is 1. The highest BCUT2D eigenvalue weighted by molar-refractivity contribution is 8.02. The van der Waals surface area contributed by atoms with Crippen LogP contribution in [-0.4, -0.2) is 69.3 Å². The first kappa shape index (κ1) is 33.9. The molecule has 3 aromatic rings. The van der Waals surface area contributed by atoms with Crippen LogP contribution in [0.2, 0.25) is 0 Å². The number of nitrogens with one attached hydrogen (secondary N) is 3. The van der Waals surface area contributed by atoms with Crippen LogP contribution in [0.5, 0.6) is 0 Å². The SMILES string of the molecule is CC1SC(C)(C)[C@@H](C(=O)N[C@@H](Cc2ccc(NC(=O)CCCCNc3ccccn3)cc2)C(=O)O)N1S(=O)(=O)c1ccccc1. The highest BCUT2D eigenvalue weighted by Crippen LogP contribution is 2.46. The second-order valence-corrected chi connectivity index (χ2v) is 15.1. The number of benzene rings is 2.